The van der Waals surface area contributed by atoms with Gasteiger partial charge in [-0.2, -0.15) is 0 Å². The van der Waals surface area contributed by atoms with Crippen molar-refractivity contribution < 1.29 is 13.9 Å². The zero-order valence-electron chi connectivity index (χ0n) is 15.6. The van der Waals surface area contributed by atoms with E-state index in [0.29, 0.717) is 22.3 Å². The normalized spacial score (nSPS) is 28.3. The van der Waals surface area contributed by atoms with E-state index in [9.17, 15) is 9.18 Å². The number of rotatable bonds is 1. The summed E-state index contributed by atoms with van der Waals surface area (Å²) in [5.74, 6) is 1.10. The molecule has 0 spiro atoms. The Labute approximate surface area is 158 Å². The third-order valence-electron chi connectivity index (χ3n) is 4.81. The molecule has 1 heterocycles. The van der Waals surface area contributed by atoms with Gasteiger partial charge in [0.2, 0.25) is 0 Å². The topological polar surface area (TPSA) is 76.7 Å². The SMILES string of the molecule is C[C@@H]1C[C@H]2CSC(NC(=O)OC(C)(C)C)=N[C@@]2(c2cc(N)ccc2F)C1. The largest absolute Gasteiger partial charge is 0.444 e. The number of nitrogen functional groups attached to an aromatic ring is 1. The molecular formula is C19H26FN3O2S. The number of alkyl carbamates (subject to hydrolysis) is 1. The van der Waals surface area contributed by atoms with Crippen molar-refractivity contribution in [3.63, 3.8) is 0 Å². The second-order valence-electron chi connectivity index (χ2n) is 8.26. The lowest BCUT2D eigenvalue weighted by Gasteiger charge is -2.37. The molecule has 1 aliphatic heterocycles. The lowest BCUT2D eigenvalue weighted by Crippen LogP contribution is -2.42. The molecule has 0 aromatic heterocycles. The highest BCUT2D eigenvalue weighted by molar-refractivity contribution is 8.13. The maximum absolute atomic E-state index is 14.7. The number of thioether (sulfide) groups is 1. The minimum Gasteiger partial charge on any atom is -0.444 e. The van der Waals surface area contributed by atoms with Gasteiger partial charge in [-0.25, -0.2) is 9.18 Å². The average molecular weight is 380 g/mol. The molecule has 1 saturated carbocycles. The van der Waals surface area contributed by atoms with E-state index in [-0.39, 0.29) is 11.7 Å². The summed E-state index contributed by atoms with van der Waals surface area (Å²) in [6, 6.07) is 4.65. The highest BCUT2D eigenvalue weighted by Gasteiger charge is 2.51. The van der Waals surface area contributed by atoms with Crippen LogP contribution < -0.4 is 11.1 Å². The standard InChI is InChI=1S/C19H26FN3O2S/c1-11-7-12-10-26-16(22-17(24)25-18(2,3)4)23-19(12,9-11)14-8-13(21)5-6-15(14)20/h5-6,8,11-12H,7,9-10,21H2,1-4H3,(H,22,23,24)/t11-,12+,19+/m1/s1. The number of aliphatic imine (C=N–C) groups is 1. The van der Waals surface area contributed by atoms with Gasteiger partial charge in [0, 0.05) is 17.0 Å². The predicted molar refractivity (Wildman–Crippen MR) is 104 cm³/mol. The predicted octanol–water partition coefficient (Wildman–Crippen LogP) is 4.28. The lowest BCUT2D eigenvalue weighted by atomic mass is 9.81. The number of fused-ring (bicyclic) bond motifs is 1. The van der Waals surface area contributed by atoms with Crippen LogP contribution in [0.15, 0.2) is 23.2 Å². The number of halogens is 1. The first kappa shape index (κ1) is 19.0. The smallest absolute Gasteiger partial charge is 0.413 e. The number of hydrogen-bond acceptors (Lipinski definition) is 5. The van der Waals surface area contributed by atoms with Gasteiger partial charge < -0.3 is 10.5 Å². The van der Waals surface area contributed by atoms with Gasteiger partial charge in [0.05, 0.1) is 5.54 Å². The van der Waals surface area contributed by atoms with Gasteiger partial charge in [0.15, 0.2) is 5.17 Å². The molecule has 5 nitrogen and oxygen atoms in total. The summed E-state index contributed by atoms with van der Waals surface area (Å²) in [5, 5.41) is 3.21. The highest BCUT2D eigenvalue weighted by atomic mass is 32.2. The molecule has 3 N–H and O–H groups in total. The Hall–Kier alpha value is -1.76. The van der Waals surface area contributed by atoms with Crippen LogP contribution in [0.2, 0.25) is 0 Å². The number of amidine groups is 1. The fourth-order valence-corrected chi connectivity index (χ4v) is 5.07. The molecule has 1 aromatic rings. The summed E-state index contributed by atoms with van der Waals surface area (Å²) in [4.78, 5) is 17.0. The molecule has 1 aliphatic carbocycles. The maximum Gasteiger partial charge on any atom is 0.413 e. The molecule has 1 aromatic carbocycles. The van der Waals surface area contributed by atoms with Crippen LogP contribution in [0, 0.1) is 17.7 Å². The van der Waals surface area contributed by atoms with Crippen LogP contribution in [0.4, 0.5) is 14.9 Å². The third kappa shape index (κ3) is 3.82. The van der Waals surface area contributed by atoms with E-state index in [1.807, 2.05) is 0 Å². The van der Waals surface area contributed by atoms with E-state index in [1.54, 1.807) is 32.9 Å². The van der Waals surface area contributed by atoms with Gasteiger partial charge in [-0.3, -0.25) is 10.3 Å². The van der Waals surface area contributed by atoms with E-state index >= 15 is 0 Å². The van der Waals surface area contributed by atoms with Crippen molar-refractivity contribution in [1.29, 1.82) is 0 Å². The number of benzene rings is 1. The van der Waals surface area contributed by atoms with Crippen molar-refractivity contribution in [2.24, 2.45) is 16.8 Å². The van der Waals surface area contributed by atoms with Crippen molar-refractivity contribution in [3.8, 4) is 0 Å². The van der Waals surface area contributed by atoms with Crippen molar-refractivity contribution in [3.05, 3.63) is 29.6 Å². The van der Waals surface area contributed by atoms with Crippen molar-refractivity contribution in [1.82, 2.24) is 5.32 Å². The molecule has 26 heavy (non-hydrogen) atoms. The fraction of sp³-hybridized carbons (Fsp3) is 0.579. The van der Waals surface area contributed by atoms with Gasteiger partial charge in [-0.15, -0.1) is 0 Å². The molecule has 142 valence electrons. The molecule has 3 rings (SSSR count). The minimum atomic E-state index is -0.686. The zero-order valence-corrected chi connectivity index (χ0v) is 16.5. The Bertz CT molecular complexity index is 747. The van der Waals surface area contributed by atoms with Crippen LogP contribution in [0.3, 0.4) is 0 Å². The van der Waals surface area contributed by atoms with E-state index in [4.69, 9.17) is 15.5 Å². The number of anilines is 1. The number of amides is 1. The second-order valence-corrected chi connectivity index (χ2v) is 9.27. The number of ether oxygens (including phenoxy) is 1. The van der Waals surface area contributed by atoms with Crippen LogP contribution in [-0.2, 0) is 10.3 Å². The summed E-state index contributed by atoms with van der Waals surface area (Å²) < 4.78 is 20.0. The molecular weight excluding hydrogens is 353 g/mol. The summed E-state index contributed by atoms with van der Waals surface area (Å²) in [5.41, 5.74) is 5.69. The summed E-state index contributed by atoms with van der Waals surface area (Å²) in [7, 11) is 0. The number of carbonyl (C=O) groups is 1. The third-order valence-corrected chi connectivity index (χ3v) is 5.84. The first-order valence-corrected chi connectivity index (χ1v) is 9.86. The van der Waals surface area contributed by atoms with E-state index in [0.717, 1.165) is 18.6 Å². The first-order valence-electron chi connectivity index (χ1n) is 8.87. The monoisotopic (exact) mass is 379 g/mol. The number of nitrogens with zero attached hydrogens (tertiary/aromatic N) is 1. The molecule has 0 bridgehead atoms. The van der Waals surface area contributed by atoms with Crippen LogP contribution in [-0.4, -0.2) is 22.6 Å². The van der Waals surface area contributed by atoms with Crippen LogP contribution in [0.1, 0.15) is 46.1 Å². The number of nitrogens with one attached hydrogen (secondary N) is 1. The first-order chi connectivity index (χ1) is 12.1. The van der Waals surface area contributed by atoms with E-state index in [2.05, 4.69) is 12.2 Å². The van der Waals surface area contributed by atoms with Crippen molar-refractivity contribution in [2.75, 3.05) is 11.5 Å². The Morgan fingerprint density at radius 1 is 1.46 bits per heavy atom. The Morgan fingerprint density at radius 3 is 2.88 bits per heavy atom. The molecule has 7 heteroatoms. The minimum absolute atomic E-state index is 0.211. The molecule has 3 atom stereocenters. The summed E-state index contributed by atoms with van der Waals surface area (Å²) in [6.07, 6.45) is 1.17. The van der Waals surface area contributed by atoms with Gasteiger partial charge in [-0.1, -0.05) is 18.7 Å². The Balaban J connectivity index is 1.96. The zero-order chi connectivity index (χ0) is 19.1. The Morgan fingerprint density at radius 2 is 2.19 bits per heavy atom. The molecule has 0 saturated heterocycles. The van der Waals surface area contributed by atoms with Crippen molar-refractivity contribution in [2.45, 2.75) is 51.7 Å². The average Bonchev–Trinajstić information content (AvgIpc) is 2.83. The lowest BCUT2D eigenvalue weighted by molar-refractivity contribution is 0.0564. The Kier molecular flexibility index (Phi) is 4.94. The van der Waals surface area contributed by atoms with Crippen molar-refractivity contribution >= 4 is 28.7 Å². The molecule has 1 fully saturated rings. The van der Waals surface area contributed by atoms with Gasteiger partial charge in [0.25, 0.3) is 0 Å². The highest BCUT2D eigenvalue weighted by Crippen LogP contribution is 2.53. The fourth-order valence-electron chi connectivity index (χ4n) is 3.92. The molecule has 0 radical (unpaired) electrons. The van der Waals surface area contributed by atoms with Gasteiger partial charge >= 0.3 is 6.09 Å². The van der Waals surface area contributed by atoms with Gasteiger partial charge in [-0.05, 0) is 63.6 Å². The van der Waals surface area contributed by atoms with Crippen LogP contribution >= 0.6 is 11.8 Å². The van der Waals surface area contributed by atoms with Crippen LogP contribution in [0.5, 0.6) is 0 Å². The quantitative estimate of drug-likeness (QED) is 0.714. The molecule has 2 aliphatic rings. The molecule has 0 unspecified atom stereocenters. The molecule has 1 amide bonds. The van der Waals surface area contributed by atoms with Crippen LogP contribution in [0.25, 0.3) is 0 Å². The summed E-state index contributed by atoms with van der Waals surface area (Å²) in [6.45, 7) is 7.58. The number of carbonyl (C=O) groups excluding carboxylic acids is 1. The number of hydrogen-bond donors (Lipinski definition) is 2. The van der Waals surface area contributed by atoms with E-state index < -0.39 is 17.2 Å². The maximum atomic E-state index is 14.7. The second kappa shape index (κ2) is 6.76. The number of nitrogens with two attached hydrogens (primary N) is 1. The van der Waals surface area contributed by atoms with Gasteiger partial charge in [0.1, 0.15) is 11.4 Å². The summed E-state index contributed by atoms with van der Waals surface area (Å²) >= 11 is 1.48. The van der Waals surface area contributed by atoms with E-state index in [1.165, 1.54) is 17.8 Å².